The van der Waals surface area contributed by atoms with E-state index in [1.54, 1.807) is 24.3 Å². The van der Waals surface area contributed by atoms with Crippen molar-refractivity contribution in [3.63, 3.8) is 0 Å². The van der Waals surface area contributed by atoms with E-state index in [-0.39, 0.29) is 5.91 Å². The maximum absolute atomic E-state index is 12.4. The van der Waals surface area contributed by atoms with E-state index in [1.165, 1.54) is 17.2 Å². The molecular weight excluding hydrogens is 429 g/mol. The summed E-state index contributed by atoms with van der Waals surface area (Å²) in [5, 5.41) is 3.97. The Morgan fingerprint density at radius 2 is 1.84 bits per heavy atom. The number of aromatic nitrogens is 2. The van der Waals surface area contributed by atoms with Gasteiger partial charge in [0.2, 0.25) is 5.91 Å². The van der Waals surface area contributed by atoms with Crippen LogP contribution in [0.15, 0.2) is 72.8 Å². The summed E-state index contributed by atoms with van der Waals surface area (Å²) in [6.07, 6.45) is 3.13. The Kier molecular flexibility index (Phi) is 6.40. The number of halogens is 2. The molecule has 0 saturated carbocycles. The number of carbonyl (C=O) groups excluding carboxylic acids is 1. The summed E-state index contributed by atoms with van der Waals surface area (Å²) in [6, 6.07) is 21.6. The summed E-state index contributed by atoms with van der Waals surface area (Å²) >= 11 is 12.1. The monoisotopic (exact) mass is 449 g/mol. The van der Waals surface area contributed by atoms with Gasteiger partial charge in [-0.15, -0.1) is 0 Å². The van der Waals surface area contributed by atoms with Crippen molar-refractivity contribution in [1.29, 1.82) is 0 Å². The molecule has 0 aliphatic carbocycles. The van der Waals surface area contributed by atoms with Crippen LogP contribution in [0.5, 0.6) is 0 Å². The van der Waals surface area contributed by atoms with Gasteiger partial charge in [-0.25, -0.2) is 4.98 Å². The average Bonchev–Trinajstić information content (AvgIpc) is 3.10. The molecule has 4 nitrogen and oxygen atoms in total. The number of nitrogens with zero attached hydrogens (tertiary/aromatic N) is 2. The van der Waals surface area contributed by atoms with Gasteiger partial charge in [-0.1, -0.05) is 71.2 Å². The van der Waals surface area contributed by atoms with Crippen molar-refractivity contribution >= 4 is 46.2 Å². The molecule has 4 rings (SSSR count). The number of hydrogen-bond donors (Lipinski definition) is 1. The van der Waals surface area contributed by atoms with E-state index >= 15 is 0 Å². The van der Waals surface area contributed by atoms with E-state index in [0.717, 1.165) is 22.4 Å². The lowest BCUT2D eigenvalue weighted by Crippen LogP contribution is -2.23. The fraction of sp³-hybridized carbons (Fsp3) is 0.120. The second kappa shape index (κ2) is 9.38. The predicted octanol–water partition coefficient (Wildman–Crippen LogP) is 6.03. The minimum Gasteiger partial charge on any atom is -0.345 e. The molecule has 0 radical (unpaired) electrons. The van der Waals surface area contributed by atoms with Crippen molar-refractivity contribution in [3.8, 4) is 0 Å². The molecule has 0 saturated heterocycles. The SMILES string of the molecule is Cc1ccc(Cn2c(CNC(=O)/C=C/c3ccc(Cl)cc3Cl)nc3ccccc32)cc1. The van der Waals surface area contributed by atoms with Gasteiger partial charge >= 0.3 is 0 Å². The standard InChI is InChI=1S/C25H21Cl2N3O/c1-17-6-8-18(9-7-17)16-30-23-5-3-2-4-22(23)29-24(30)15-28-25(31)13-11-19-10-12-20(26)14-21(19)27/h2-14H,15-16H2,1H3,(H,28,31)/b13-11+. The number of para-hydroxylation sites is 2. The second-order valence-corrected chi connectivity index (χ2v) is 8.15. The van der Waals surface area contributed by atoms with Crippen molar-refractivity contribution in [2.75, 3.05) is 0 Å². The molecule has 0 fully saturated rings. The Morgan fingerprint density at radius 1 is 1.06 bits per heavy atom. The Morgan fingerprint density at radius 3 is 2.61 bits per heavy atom. The van der Waals surface area contributed by atoms with Gasteiger partial charge in [0.15, 0.2) is 0 Å². The number of hydrogen-bond acceptors (Lipinski definition) is 2. The first-order valence-corrected chi connectivity index (χ1v) is 10.7. The lowest BCUT2D eigenvalue weighted by atomic mass is 10.1. The number of aryl methyl sites for hydroxylation is 1. The van der Waals surface area contributed by atoms with Gasteiger partial charge in [0.1, 0.15) is 5.82 Å². The topological polar surface area (TPSA) is 46.9 Å². The van der Waals surface area contributed by atoms with Gasteiger partial charge in [0.25, 0.3) is 0 Å². The Hall–Kier alpha value is -3.08. The van der Waals surface area contributed by atoms with Crippen molar-refractivity contribution < 1.29 is 4.79 Å². The number of amides is 1. The van der Waals surface area contributed by atoms with Crippen LogP contribution in [0.25, 0.3) is 17.1 Å². The summed E-state index contributed by atoms with van der Waals surface area (Å²) in [5.41, 5.74) is 5.07. The molecular formula is C25H21Cl2N3O. The van der Waals surface area contributed by atoms with E-state index in [4.69, 9.17) is 28.2 Å². The average molecular weight is 450 g/mol. The van der Waals surface area contributed by atoms with E-state index in [2.05, 4.69) is 41.1 Å². The highest BCUT2D eigenvalue weighted by Crippen LogP contribution is 2.22. The van der Waals surface area contributed by atoms with Gasteiger partial charge in [-0.05, 0) is 48.4 Å². The summed E-state index contributed by atoms with van der Waals surface area (Å²) in [6.45, 7) is 3.07. The van der Waals surface area contributed by atoms with Crippen LogP contribution in [0, 0.1) is 6.92 Å². The molecule has 1 aromatic heterocycles. The highest BCUT2D eigenvalue weighted by molar-refractivity contribution is 6.35. The zero-order valence-corrected chi connectivity index (χ0v) is 18.5. The van der Waals surface area contributed by atoms with Gasteiger partial charge in [0.05, 0.1) is 17.6 Å². The molecule has 0 unspecified atom stereocenters. The highest BCUT2D eigenvalue weighted by Gasteiger charge is 2.11. The fourth-order valence-electron chi connectivity index (χ4n) is 3.34. The largest absolute Gasteiger partial charge is 0.345 e. The lowest BCUT2D eigenvalue weighted by molar-refractivity contribution is -0.116. The maximum atomic E-state index is 12.4. The minimum atomic E-state index is -0.222. The first kappa shape index (κ1) is 21.2. The molecule has 4 aromatic rings. The molecule has 0 atom stereocenters. The second-order valence-electron chi connectivity index (χ2n) is 7.31. The van der Waals surface area contributed by atoms with Crippen LogP contribution in [-0.4, -0.2) is 15.5 Å². The zero-order valence-electron chi connectivity index (χ0n) is 17.0. The molecule has 0 spiro atoms. The third kappa shape index (κ3) is 5.16. The van der Waals surface area contributed by atoms with E-state index in [1.807, 2.05) is 24.3 Å². The Bertz CT molecular complexity index is 1260. The third-order valence-electron chi connectivity index (χ3n) is 4.99. The van der Waals surface area contributed by atoms with Gasteiger partial charge in [-0.2, -0.15) is 0 Å². The highest BCUT2D eigenvalue weighted by atomic mass is 35.5. The van der Waals surface area contributed by atoms with Crippen molar-refractivity contribution in [1.82, 2.24) is 14.9 Å². The molecule has 156 valence electrons. The summed E-state index contributed by atoms with van der Waals surface area (Å²) in [5.74, 6) is 0.577. The van der Waals surface area contributed by atoms with Gasteiger partial charge in [0, 0.05) is 22.7 Å². The van der Waals surface area contributed by atoms with E-state index < -0.39 is 0 Å². The van der Waals surface area contributed by atoms with Gasteiger partial charge < -0.3 is 9.88 Å². The predicted molar refractivity (Wildman–Crippen MR) is 127 cm³/mol. The molecule has 1 heterocycles. The van der Waals surface area contributed by atoms with Crippen LogP contribution >= 0.6 is 23.2 Å². The number of fused-ring (bicyclic) bond motifs is 1. The van der Waals surface area contributed by atoms with Crippen LogP contribution in [-0.2, 0) is 17.9 Å². The van der Waals surface area contributed by atoms with Crippen LogP contribution in [0.1, 0.15) is 22.5 Å². The molecule has 3 aromatic carbocycles. The van der Waals surface area contributed by atoms with Crippen molar-refractivity contribution in [2.45, 2.75) is 20.0 Å². The summed E-state index contributed by atoms with van der Waals surface area (Å²) in [4.78, 5) is 17.1. The van der Waals surface area contributed by atoms with Crippen LogP contribution in [0.4, 0.5) is 0 Å². The third-order valence-corrected chi connectivity index (χ3v) is 5.55. The number of benzene rings is 3. The Labute approximate surface area is 191 Å². The van der Waals surface area contributed by atoms with E-state index in [9.17, 15) is 4.79 Å². The molecule has 0 aliphatic rings. The smallest absolute Gasteiger partial charge is 0.244 e. The Balaban J connectivity index is 1.51. The molecule has 0 bridgehead atoms. The first-order chi connectivity index (χ1) is 15.0. The van der Waals surface area contributed by atoms with Crippen molar-refractivity contribution in [2.24, 2.45) is 0 Å². The van der Waals surface area contributed by atoms with E-state index in [0.29, 0.717) is 23.1 Å². The fourth-order valence-corrected chi connectivity index (χ4v) is 3.81. The molecule has 1 amide bonds. The number of imidazole rings is 1. The van der Waals surface area contributed by atoms with Gasteiger partial charge in [-0.3, -0.25) is 4.79 Å². The molecule has 31 heavy (non-hydrogen) atoms. The summed E-state index contributed by atoms with van der Waals surface area (Å²) < 4.78 is 2.14. The number of carbonyl (C=O) groups is 1. The molecule has 0 aliphatic heterocycles. The normalized spacial score (nSPS) is 11.3. The summed E-state index contributed by atoms with van der Waals surface area (Å²) in [7, 11) is 0. The van der Waals surface area contributed by atoms with Crippen molar-refractivity contribution in [3.05, 3.63) is 105 Å². The molecule has 6 heteroatoms. The maximum Gasteiger partial charge on any atom is 0.244 e. The molecule has 1 N–H and O–H groups in total. The lowest BCUT2D eigenvalue weighted by Gasteiger charge is -2.10. The van der Waals surface area contributed by atoms with Crippen LogP contribution in [0.3, 0.4) is 0 Å². The number of nitrogens with one attached hydrogen (secondary N) is 1. The number of rotatable bonds is 6. The van der Waals surface area contributed by atoms with Crippen LogP contribution < -0.4 is 5.32 Å². The first-order valence-electron chi connectivity index (χ1n) is 9.90. The van der Waals surface area contributed by atoms with Crippen LogP contribution in [0.2, 0.25) is 10.0 Å². The quantitative estimate of drug-likeness (QED) is 0.365. The minimum absolute atomic E-state index is 0.222. The zero-order chi connectivity index (χ0) is 21.8.